The molecule has 2 heterocycles. The first kappa shape index (κ1) is 16.4. The lowest BCUT2D eigenvalue weighted by Gasteiger charge is -2.32. The van der Waals surface area contributed by atoms with Crippen LogP contribution in [0.5, 0.6) is 0 Å². The van der Waals surface area contributed by atoms with E-state index in [1.165, 1.54) is 12.8 Å². The lowest BCUT2D eigenvalue weighted by atomic mass is 9.95. The van der Waals surface area contributed by atoms with Crippen molar-refractivity contribution < 1.29 is 4.79 Å². The minimum Gasteiger partial charge on any atom is -0.348 e. The molecule has 1 aromatic rings. The van der Waals surface area contributed by atoms with Crippen molar-refractivity contribution in [2.45, 2.75) is 32.2 Å². The third-order valence-corrected chi connectivity index (χ3v) is 4.86. The van der Waals surface area contributed by atoms with Crippen LogP contribution in [0.4, 0.5) is 0 Å². The normalized spacial score (nSPS) is 19.7. The van der Waals surface area contributed by atoms with E-state index in [-0.39, 0.29) is 5.91 Å². The molecule has 0 spiro atoms. The van der Waals surface area contributed by atoms with Gasteiger partial charge in [-0.25, -0.2) is 4.98 Å². The zero-order valence-electron chi connectivity index (χ0n) is 13.0. The summed E-state index contributed by atoms with van der Waals surface area (Å²) < 4.78 is 0. The molecule has 0 bridgehead atoms. The molecule has 1 aliphatic heterocycles. The summed E-state index contributed by atoms with van der Waals surface area (Å²) in [4.78, 5) is 20.4. The van der Waals surface area contributed by atoms with Gasteiger partial charge in [-0.15, -0.1) is 11.3 Å². The maximum Gasteiger partial charge on any atom is 0.228 e. The number of nitrogens with zero attached hydrogens (tertiary/aromatic N) is 3. The van der Waals surface area contributed by atoms with Gasteiger partial charge in [-0.2, -0.15) is 0 Å². The van der Waals surface area contributed by atoms with Crippen LogP contribution in [0.15, 0.2) is 5.38 Å². The topological polar surface area (TPSA) is 62.5 Å². The Morgan fingerprint density at radius 1 is 1.57 bits per heavy atom. The largest absolute Gasteiger partial charge is 0.348 e. The van der Waals surface area contributed by atoms with Gasteiger partial charge in [-0.3, -0.25) is 9.69 Å². The van der Waals surface area contributed by atoms with Crippen LogP contribution < -0.4 is 5.73 Å². The fourth-order valence-electron chi connectivity index (χ4n) is 2.79. The maximum absolute atomic E-state index is 11.7. The van der Waals surface area contributed by atoms with Gasteiger partial charge in [0.1, 0.15) is 5.01 Å². The molecular formula is C15H26N4OS. The molecule has 1 fully saturated rings. The molecule has 1 saturated heterocycles. The predicted molar refractivity (Wildman–Crippen MR) is 86.2 cm³/mol. The van der Waals surface area contributed by atoms with Gasteiger partial charge in [-0.05, 0) is 38.3 Å². The minimum absolute atomic E-state index is 0.108. The number of likely N-dealkylation sites (N-methyl/N-ethyl adjacent to an activating group) is 1. The van der Waals surface area contributed by atoms with Crippen LogP contribution in [0.25, 0.3) is 0 Å². The van der Waals surface area contributed by atoms with E-state index >= 15 is 0 Å². The summed E-state index contributed by atoms with van der Waals surface area (Å²) in [6, 6.07) is 0. The van der Waals surface area contributed by atoms with E-state index in [0.717, 1.165) is 49.2 Å². The Balaban J connectivity index is 1.85. The number of nitrogens with two attached hydrogens (primary N) is 1. The van der Waals surface area contributed by atoms with Gasteiger partial charge >= 0.3 is 0 Å². The second-order valence-electron chi connectivity index (χ2n) is 6.02. The van der Waals surface area contributed by atoms with Crippen molar-refractivity contribution >= 4 is 17.2 Å². The average molecular weight is 310 g/mol. The Kier molecular flexibility index (Phi) is 6.14. The number of piperidine rings is 1. The summed E-state index contributed by atoms with van der Waals surface area (Å²) in [6.45, 7) is 3.95. The summed E-state index contributed by atoms with van der Waals surface area (Å²) in [6.07, 6.45) is 4.08. The number of rotatable bonds is 6. The van der Waals surface area contributed by atoms with Crippen molar-refractivity contribution in [3.8, 4) is 0 Å². The molecular weight excluding hydrogens is 284 g/mol. The van der Waals surface area contributed by atoms with Crippen LogP contribution in [-0.2, 0) is 17.8 Å². The highest BCUT2D eigenvalue weighted by atomic mass is 32.1. The van der Waals surface area contributed by atoms with E-state index in [9.17, 15) is 4.79 Å². The zero-order chi connectivity index (χ0) is 15.2. The minimum atomic E-state index is 0.108. The number of hydrogen-bond donors (Lipinski definition) is 1. The number of hydrogen-bond acceptors (Lipinski definition) is 5. The SMILES string of the molecule is CN(C)C(=O)Cc1nc(CN2CCCC(CCN)C2)cs1. The second-order valence-corrected chi connectivity index (χ2v) is 6.96. The van der Waals surface area contributed by atoms with Crippen molar-refractivity contribution in [1.82, 2.24) is 14.8 Å². The van der Waals surface area contributed by atoms with Crippen LogP contribution in [0.2, 0.25) is 0 Å². The first-order valence-corrected chi connectivity index (χ1v) is 8.52. The molecule has 6 heteroatoms. The summed E-state index contributed by atoms with van der Waals surface area (Å²) >= 11 is 1.59. The maximum atomic E-state index is 11.7. The molecule has 1 unspecified atom stereocenters. The van der Waals surface area contributed by atoms with Crippen molar-refractivity contribution in [3.05, 3.63) is 16.1 Å². The quantitative estimate of drug-likeness (QED) is 0.861. The van der Waals surface area contributed by atoms with E-state index in [4.69, 9.17) is 5.73 Å². The Bertz CT molecular complexity index is 458. The van der Waals surface area contributed by atoms with E-state index in [2.05, 4.69) is 15.3 Å². The van der Waals surface area contributed by atoms with E-state index < -0.39 is 0 Å². The van der Waals surface area contributed by atoms with Crippen LogP contribution in [0.1, 0.15) is 30.0 Å². The number of thiazole rings is 1. The monoisotopic (exact) mass is 310 g/mol. The van der Waals surface area contributed by atoms with Gasteiger partial charge in [0.25, 0.3) is 0 Å². The number of amides is 1. The second kappa shape index (κ2) is 7.87. The lowest BCUT2D eigenvalue weighted by Crippen LogP contribution is -2.35. The zero-order valence-corrected chi connectivity index (χ0v) is 13.9. The van der Waals surface area contributed by atoms with Crippen LogP contribution in [-0.4, -0.2) is 54.4 Å². The molecule has 0 radical (unpaired) electrons. The van der Waals surface area contributed by atoms with Gasteiger partial charge in [0.2, 0.25) is 5.91 Å². The van der Waals surface area contributed by atoms with E-state index in [1.807, 2.05) is 0 Å². The molecule has 0 saturated carbocycles. The van der Waals surface area contributed by atoms with Gasteiger partial charge in [0, 0.05) is 32.6 Å². The highest BCUT2D eigenvalue weighted by Gasteiger charge is 2.20. The number of carbonyl (C=O) groups excluding carboxylic acids is 1. The molecule has 1 aliphatic rings. The fourth-order valence-corrected chi connectivity index (χ4v) is 3.56. The van der Waals surface area contributed by atoms with Crippen molar-refractivity contribution in [2.75, 3.05) is 33.7 Å². The third kappa shape index (κ3) is 5.05. The molecule has 1 amide bonds. The van der Waals surface area contributed by atoms with Crippen LogP contribution in [0, 0.1) is 5.92 Å². The van der Waals surface area contributed by atoms with Crippen molar-refractivity contribution in [2.24, 2.45) is 11.7 Å². The Hall–Kier alpha value is -0.980. The Morgan fingerprint density at radius 2 is 2.38 bits per heavy atom. The standard InChI is InChI=1S/C15H26N4OS/c1-18(2)15(20)8-14-17-13(11-21-14)10-19-7-3-4-12(9-19)5-6-16/h11-12H,3-10,16H2,1-2H3. The first-order valence-electron chi connectivity index (χ1n) is 7.64. The van der Waals surface area contributed by atoms with Gasteiger partial charge in [0.15, 0.2) is 0 Å². The van der Waals surface area contributed by atoms with Gasteiger partial charge < -0.3 is 10.6 Å². The third-order valence-electron chi connectivity index (χ3n) is 3.96. The summed E-state index contributed by atoms with van der Waals surface area (Å²) in [5.74, 6) is 0.842. The summed E-state index contributed by atoms with van der Waals surface area (Å²) in [7, 11) is 3.56. The van der Waals surface area contributed by atoms with Crippen LogP contribution in [0.3, 0.4) is 0 Å². The highest BCUT2D eigenvalue weighted by molar-refractivity contribution is 7.09. The van der Waals surface area contributed by atoms with E-state index in [0.29, 0.717) is 6.42 Å². The Labute approximate surface area is 131 Å². The molecule has 0 aliphatic carbocycles. The van der Waals surface area contributed by atoms with Crippen molar-refractivity contribution in [3.63, 3.8) is 0 Å². The number of aromatic nitrogens is 1. The average Bonchev–Trinajstić information content (AvgIpc) is 2.86. The molecule has 2 rings (SSSR count). The van der Waals surface area contributed by atoms with Crippen molar-refractivity contribution in [1.29, 1.82) is 0 Å². The molecule has 0 aromatic carbocycles. The Morgan fingerprint density at radius 3 is 3.10 bits per heavy atom. The smallest absolute Gasteiger partial charge is 0.228 e. The molecule has 1 atom stereocenters. The highest BCUT2D eigenvalue weighted by Crippen LogP contribution is 2.21. The van der Waals surface area contributed by atoms with Gasteiger partial charge in [0.05, 0.1) is 12.1 Å². The molecule has 21 heavy (non-hydrogen) atoms. The molecule has 2 N–H and O–H groups in total. The summed E-state index contributed by atoms with van der Waals surface area (Å²) in [5.41, 5.74) is 6.76. The lowest BCUT2D eigenvalue weighted by molar-refractivity contribution is -0.127. The molecule has 118 valence electrons. The van der Waals surface area contributed by atoms with Crippen LogP contribution >= 0.6 is 11.3 Å². The summed E-state index contributed by atoms with van der Waals surface area (Å²) in [5, 5.41) is 3.00. The van der Waals surface area contributed by atoms with E-state index in [1.54, 1.807) is 30.3 Å². The molecule has 1 aromatic heterocycles. The molecule has 5 nitrogen and oxygen atoms in total. The fraction of sp³-hybridized carbons (Fsp3) is 0.733. The first-order chi connectivity index (χ1) is 10.1. The number of carbonyl (C=O) groups is 1. The predicted octanol–water partition coefficient (Wildman–Crippen LogP) is 1.33. The number of likely N-dealkylation sites (tertiary alicyclic amines) is 1. The van der Waals surface area contributed by atoms with Gasteiger partial charge in [-0.1, -0.05) is 0 Å².